The highest BCUT2D eigenvalue weighted by Gasteiger charge is 2.17. The molecular weight excluding hydrogens is 220 g/mol. The van der Waals surface area contributed by atoms with E-state index in [1.165, 1.54) is 4.52 Å². The smallest absolute Gasteiger partial charge is 0.354 e. The van der Waals surface area contributed by atoms with E-state index in [1.54, 1.807) is 6.07 Å². The number of carboxylic acid groups (broad SMARTS) is 1. The van der Waals surface area contributed by atoms with Crippen LogP contribution in [-0.2, 0) is 6.42 Å². The normalized spacial score (nSPS) is 11.3. The first-order valence-electron chi connectivity index (χ1n) is 5.53. The fourth-order valence-electron chi connectivity index (χ4n) is 1.61. The average molecular weight is 234 g/mol. The molecule has 2 heterocycles. The van der Waals surface area contributed by atoms with Gasteiger partial charge in [0.1, 0.15) is 5.69 Å². The van der Waals surface area contributed by atoms with Crippen LogP contribution in [0.2, 0.25) is 0 Å². The van der Waals surface area contributed by atoms with E-state index in [9.17, 15) is 4.79 Å². The van der Waals surface area contributed by atoms with Crippen molar-refractivity contribution in [2.45, 2.75) is 33.1 Å². The Hall–Kier alpha value is -1.98. The zero-order valence-electron chi connectivity index (χ0n) is 10.0. The number of fused-ring (bicyclic) bond motifs is 1. The van der Waals surface area contributed by atoms with Gasteiger partial charge in [-0.05, 0) is 18.4 Å². The molecule has 0 aliphatic rings. The van der Waals surface area contributed by atoms with E-state index in [4.69, 9.17) is 5.11 Å². The lowest BCUT2D eigenvalue weighted by Crippen LogP contribution is -2.10. The molecule has 90 valence electrons. The minimum absolute atomic E-state index is 0.103. The molecule has 6 nitrogen and oxygen atoms in total. The molecule has 0 unspecified atom stereocenters. The first-order chi connectivity index (χ1) is 8.04. The number of aromatic nitrogens is 4. The van der Waals surface area contributed by atoms with E-state index >= 15 is 0 Å². The molecule has 2 aromatic heterocycles. The Morgan fingerprint density at radius 2 is 2.24 bits per heavy atom. The van der Waals surface area contributed by atoms with Gasteiger partial charge in [-0.25, -0.2) is 9.78 Å². The van der Waals surface area contributed by atoms with Crippen LogP contribution in [0.15, 0.2) is 6.07 Å². The minimum Gasteiger partial charge on any atom is -0.477 e. The molecule has 0 bridgehead atoms. The van der Waals surface area contributed by atoms with Gasteiger partial charge in [-0.2, -0.15) is 4.52 Å². The van der Waals surface area contributed by atoms with E-state index < -0.39 is 5.97 Å². The first kappa shape index (κ1) is 11.5. The molecule has 0 aliphatic carbocycles. The van der Waals surface area contributed by atoms with Crippen molar-refractivity contribution in [1.29, 1.82) is 0 Å². The van der Waals surface area contributed by atoms with Gasteiger partial charge in [0.15, 0.2) is 11.3 Å². The van der Waals surface area contributed by atoms with Crippen molar-refractivity contribution in [1.82, 2.24) is 19.8 Å². The zero-order valence-corrected chi connectivity index (χ0v) is 10.0. The van der Waals surface area contributed by atoms with Gasteiger partial charge in [-0.15, -0.1) is 5.10 Å². The molecule has 6 heteroatoms. The lowest BCUT2D eigenvalue weighted by atomic mass is 10.1. The van der Waals surface area contributed by atoms with E-state index in [0.717, 1.165) is 11.4 Å². The van der Waals surface area contributed by atoms with Crippen molar-refractivity contribution < 1.29 is 9.90 Å². The second-order valence-electron chi connectivity index (χ2n) is 4.15. The van der Waals surface area contributed by atoms with E-state index in [1.807, 2.05) is 20.8 Å². The van der Waals surface area contributed by atoms with Crippen LogP contribution in [0, 0.1) is 0 Å². The maximum absolute atomic E-state index is 11.2. The van der Waals surface area contributed by atoms with Crippen LogP contribution >= 0.6 is 0 Å². The predicted molar refractivity (Wildman–Crippen MR) is 61.2 cm³/mol. The van der Waals surface area contributed by atoms with E-state index in [2.05, 4.69) is 15.3 Å². The number of rotatable bonds is 3. The van der Waals surface area contributed by atoms with Crippen LogP contribution in [0.1, 0.15) is 48.6 Å². The Kier molecular flexibility index (Phi) is 2.79. The van der Waals surface area contributed by atoms with Gasteiger partial charge in [0.05, 0.1) is 0 Å². The molecule has 0 saturated carbocycles. The third kappa shape index (κ3) is 1.86. The van der Waals surface area contributed by atoms with Crippen molar-refractivity contribution in [3.05, 3.63) is 23.1 Å². The number of aryl methyl sites for hydroxylation is 1. The number of carboxylic acids is 1. The van der Waals surface area contributed by atoms with Gasteiger partial charge < -0.3 is 5.11 Å². The number of carbonyl (C=O) groups is 1. The molecule has 0 aromatic carbocycles. The van der Waals surface area contributed by atoms with Crippen LogP contribution in [-0.4, -0.2) is 30.9 Å². The highest BCUT2D eigenvalue weighted by atomic mass is 16.4. The molecule has 0 radical (unpaired) electrons. The third-order valence-electron chi connectivity index (χ3n) is 2.61. The third-order valence-corrected chi connectivity index (χ3v) is 2.61. The molecule has 2 rings (SSSR count). The molecular formula is C11H14N4O2. The summed E-state index contributed by atoms with van der Waals surface area (Å²) >= 11 is 0. The molecule has 0 atom stereocenters. The Balaban J connectivity index is 2.78. The summed E-state index contributed by atoms with van der Waals surface area (Å²) in [6, 6.07) is 1.55. The van der Waals surface area contributed by atoms with Crippen LogP contribution in [0.5, 0.6) is 0 Å². The summed E-state index contributed by atoms with van der Waals surface area (Å²) in [5.74, 6) is -0.857. The molecule has 0 saturated heterocycles. The van der Waals surface area contributed by atoms with Crippen molar-refractivity contribution in [3.8, 4) is 0 Å². The van der Waals surface area contributed by atoms with Crippen LogP contribution < -0.4 is 0 Å². The van der Waals surface area contributed by atoms with E-state index in [-0.39, 0.29) is 11.6 Å². The summed E-state index contributed by atoms with van der Waals surface area (Å²) in [5.41, 5.74) is 2.10. The van der Waals surface area contributed by atoms with Crippen molar-refractivity contribution >= 4 is 11.6 Å². The number of hydrogen-bond donors (Lipinski definition) is 1. The van der Waals surface area contributed by atoms with E-state index in [0.29, 0.717) is 12.1 Å². The Morgan fingerprint density at radius 1 is 1.53 bits per heavy atom. The fourth-order valence-corrected chi connectivity index (χ4v) is 1.61. The first-order valence-corrected chi connectivity index (χ1v) is 5.53. The van der Waals surface area contributed by atoms with Crippen molar-refractivity contribution in [2.24, 2.45) is 0 Å². The monoisotopic (exact) mass is 234 g/mol. The summed E-state index contributed by atoms with van der Waals surface area (Å²) < 4.78 is 1.28. The van der Waals surface area contributed by atoms with Crippen LogP contribution in [0.4, 0.5) is 0 Å². The lowest BCUT2D eigenvalue weighted by molar-refractivity contribution is 0.0686. The average Bonchev–Trinajstić information content (AvgIpc) is 2.69. The van der Waals surface area contributed by atoms with Crippen LogP contribution in [0.3, 0.4) is 0 Å². The van der Waals surface area contributed by atoms with Crippen molar-refractivity contribution in [2.75, 3.05) is 0 Å². The summed E-state index contributed by atoms with van der Waals surface area (Å²) in [6.45, 7) is 5.88. The Bertz CT molecular complexity index is 574. The van der Waals surface area contributed by atoms with Crippen molar-refractivity contribution in [3.63, 3.8) is 0 Å². The minimum atomic E-state index is -1.02. The second kappa shape index (κ2) is 4.12. The maximum atomic E-state index is 11.2. The predicted octanol–water partition coefficient (Wildman–Crippen LogP) is 1.51. The largest absolute Gasteiger partial charge is 0.477 e. The van der Waals surface area contributed by atoms with Gasteiger partial charge in [0.2, 0.25) is 0 Å². The molecule has 0 amide bonds. The second-order valence-corrected chi connectivity index (χ2v) is 4.15. The topological polar surface area (TPSA) is 80.4 Å². The Morgan fingerprint density at radius 3 is 2.76 bits per heavy atom. The molecule has 2 aromatic rings. The molecule has 17 heavy (non-hydrogen) atoms. The molecule has 1 N–H and O–H groups in total. The van der Waals surface area contributed by atoms with Gasteiger partial charge >= 0.3 is 5.97 Å². The highest BCUT2D eigenvalue weighted by Crippen LogP contribution is 2.17. The standard InChI is InChI=1S/C11H14N4O2/c1-4-7-10-12-8(6(2)3)5-9(11(16)17)15(10)14-13-7/h5-6H,4H2,1-3H3,(H,16,17). The van der Waals surface area contributed by atoms with Gasteiger partial charge in [0.25, 0.3) is 0 Å². The quantitative estimate of drug-likeness (QED) is 0.870. The number of aromatic carboxylic acids is 1. The SMILES string of the molecule is CCc1nnn2c(C(=O)O)cc(C(C)C)nc12. The van der Waals surface area contributed by atoms with Gasteiger partial charge in [0, 0.05) is 5.69 Å². The highest BCUT2D eigenvalue weighted by molar-refractivity contribution is 5.86. The zero-order chi connectivity index (χ0) is 12.6. The molecule has 0 fully saturated rings. The summed E-state index contributed by atoms with van der Waals surface area (Å²) in [5, 5.41) is 16.9. The summed E-state index contributed by atoms with van der Waals surface area (Å²) in [6.07, 6.45) is 0.678. The van der Waals surface area contributed by atoms with Gasteiger partial charge in [-0.3, -0.25) is 0 Å². The number of nitrogens with zero attached hydrogens (tertiary/aromatic N) is 4. The summed E-state index contributed by atoms with van der Waals surface area (Å²) in [4.78, 5) is 15.6. The fraction of sp³-hybridized carbons (Fsp3) is 0.455. The molecule has 0 spiro atoms. The van der Waals surface area contributed by atoms with Gasteiger partial charge in [-0.1, -0.05) is 26.0 Å². The molecule has 0 aliphatic heterocycles. The van der Waals surface area contributed by atoms with Crippen LogP contribution in [0.25, 0.3) is 5.65 Å². The lowest BCUT2D eigenvalue weighted by Gasteiger charge is -2.07. The Labute approximate surface area is 98.3 Å². The maximum Gasteiger partial charge on any atom is 0.354 e. The summed E-state index contributed by atoms with van der Waals surface area (Å²) in [7, 11) is 0. The number of hydrogen-bond acceptors (Lipinski definition) is 4.